The van der Waals surface area contributed by atoms with Gasteiger partial charge in [-0.05, 0) is 56.5 Å². The number of carbonyl (C=O) groups is 1. The Labute approximate surface area is 175 Å². The molecule has 0 saturated carbocycles. The molecule has 0 spiro atoms. The standard InChI is InChI=1S/C20H23ClN2O4.ClH/c1-11-7-15(17(26-3)9-14(11)21)23-19(24)18-12(2)8-16(27-20(18)25)13-5-4-6-22-10-13;/h7-9,13,22H,4-6,10H2,1-3H3,(H,23,24);1H. The van der Waals surface area contributed by atoms with Crippen molar-refractivity contribution in [2.75, 3.05) is 25.5 Å². The van der Waals surface area contributed by atoms with Crippen LogP contribution in [0.15, 0.2) is 27.4 Å². The quantitative estimate of drug-likeness (QED) is 0.769. The van der Waals surface area contributed by atoms with Crippen molar-refractivity contribution in [2.45, 2.75) is 32.6 Å². The zero-order valence-electron chi connectivity index (χ0n) is 16.1. The molecule has 1 aromatic heterocycles. The molecule has 8 heteroatoms. The summed E-state index contributed by atoms with van der Waals surface area (Å²) >= 11 is 6.10. The van der Waals surface area contributed by atoms with Gasteiger partial charge in [-0.3, -0.25) is 4.79 Å². The molecule has 3 rings (SSSR count). The normalized spacial score (nSPS) is 16.2. The second-order valence-electron chi connectivity index (χ2n) is 6.79. The number of methoxy groups -OCH3 is 1. The summed E-state index contributed by atoms with van der Waals surface area (Å²) in [7, 11) is 1.49. The molecule has 1 atom stereocenters. The van der Waals surface area contributed by atoms with Crippen molar-refractivity contribution >= 4 is 35.6 Å². The molecule has 1 amide bonds. The molecule has 1 unspecified atom stereocenters. The summed E-state index contributed by atoms with van der Waals surface area (Å²) in [5.41, 5.74) is 1.20. The first-order valence-electron chi connectivity index (χ1n) is 8.91. The van der Waals surface area contributed by atoms with Crippen LogP contribution in [0.2, 0.25) is 5.02 Å². The minimum Gasteiger partial charge on any atom is -0.495 e. The lowest BCUT2D eigenvalue weighted by Gasteiger charge is -2.22. The molecule has 1 saturated heterocycles. The summed E-state index contributed by atoms with van der Waals surface area (Å²) in [6.45, 7) is 5.32. The van der Waals surface area contributed by atoms with Crippen LogP contribution in [0.4, 0.5) is 5.69 Å². The van der Waals surface area contributed by atoms with Crippen molar-refractivity contribution in [3.8, 4) is 5.75 Å². The van der Waals surface area contributed by atoms with E-state index in [1.165, 1.54) is 7.11 Å². The van der Waals surface area contributed by atoms with Crippen molar-refractivity contribution in [1.29, 1.82) is 0 Å². The fourth-order valence-electron chi connectivity index (χ4n) is 3.32. The van der Waals surface area contributed by atoms with Gasteiger partial charge < -0.3 is 19.8 Å². The Morgan fingerprint density at radius 2 is 2.04 bits per heavy atom. The van der Waals surface area contributed by atoms with Gasteiger partial charge in [-0.1, -0.05) is 11.6 Å². The maximum Gasteiger partial charge on any atom is 0.349 e. The number of ether oxygens (including phenoxy) is 1. The molecular weight excluding hydrogens is 403 g/mol. The molecule has 28 heavy (non-hydrogen) atoms. The summed E-state index contributed by atoms with van der Waals surface area (Å²) < 4.78 is 10.7. The SMILES string of the molecule is COc1cc(Cl)c(C)cc1NC(=O)c1c(C)cc(C2CCCNC2)oc1=O.Cl. The van der Waals surface area contributed by atoms with Crippen LogP contribution in [-0.2, 0) is 0 Å². The first-order chi connectivity index (χ1) is 12.9. The summed E-state index contributed by atoms with van der Waals surface area (Å²) in [4.78, 5) is 25.2. The summed E-state index contributed by atoms with van der Waals surface area (Å²) in [6, 6.07) is 5.12. The van der Waals surface area contributed by atoms with E-state index in [0.717, 1.165) is 31.5 Å². The number of piperidine rings is 1. The lowest BCUT2D eigenvalue weighted by molar-refractivity contribution is 0.102. The van der Waals surface area contributed by atoms with E-state index in [9.17, 15) is 9.59 Å². The van der Waals surface area contributed by atoms with E-state index in [4.69, 9.17) is 20.8 Å². The number of nitrogens with one attached hydrogen (secondary N) is 2. The number of hydrogen-bond donors (Lipinski definition) is 2. The first-order valence-corrected chi connectivity index (χ1v) is 9.29. The second-order valence-corrected chi connectivity index (χ2v) is 7.20. The molecule has 6 nitrogen and oxygen atoms in total. The number of halogens is 2. The Kier molecular flexibility index (Phi) is 7.52. The average molecular weight is 427 g/mol. The lowest BCUT2D eigenvalue weighted by Crippen LogP contribution is -2.30. The van der Waals surface area contributed by atoms with Crippen LogP contribution in [0.1, 0.15) is 46.0 Å². The van der Waals surface area contributed by atoms with Crippen LogP contribution in [0.3, 0.4) is 0 Å². The van der Waals surface area contributed by atoms with Crippen LogP contribution in [0.25, 0.3) is 0 Å². The molecule has 0 bridgehead atoms. The number of rotatable bonds is 4. The molecule has 2 N–H and O–H groups in total. The van der Waals surface area contributed by atoms with E-state index in [-0.39, 0.29) is 23.9 Å². The van der Waals surface area contributed by atoms with Crippen molar-refractivity contribution in [1.82, 2.24) is 5.32 Å². The predicted molar refractivity (Wildman–Crippen MR) is 113 cm³/mol. The van der Waals surface area contributed by atoms with E-state index in [0.29, 0.717) is 27.8 Å². The molecule has 1 aliphatic heterocycles. The molecule has 2 aromatic rings. The minimum absolute atomic E-state index is 0. The zero-order chi connectivity index (χ0) is 19.6. The van der Waals surface area contributed by atoms with Gasteiger partial charge in [-0.25, -0.2) is 4.79 Å². The summed E-state index contributed by atoms with van der Waals surface area (Å²) in [5.74, 6) is 0.669. The number of anilines is 1. The van der Waals surface area contributed by atoms with Crippen molar-refractivity contribution in [3.63, 3.8) is 0 Å². The van der Waals surface area contributed by atoms with E-state index in [1.807, 2.05) is 6.92 Å². The number of hydrogen-bond acceptors (Lipinski definition) is 5. The monoisotopic (exact) mass is 426 g/mol. The third-order valence-electron chi connectivity index (χ3n) is 4.82. The maximum absolute atomic E-state index is 12.7. The molecule has 1 aromatic carbocycles. The molecule has 2 heterocycles. The van der Waals surface area contributed by atoms with Gasteiger partial charge in [0.2, 0.25) is 0 Å². The lowest BCUT2D eigenvalue weighted by atomic mass is 9.95. The van der Waals surface area contributed by atoms with Crippen molar-refractivity contribution in [3.05, 3.63) is 56.1 Å². The number of amides is 1. The Hall–Kier alpha value is -2.02. The van der Waals surface area contributed by atoms with Gasteiger partial charge in [0.05, 0.1) is 12.8 Å². The third kappa shape index (κ3) is 4.69. The van der Waals surface area contributed by atoms with Crippen LogP contribution >= 0.6 is 24.0 Å². The number of aryl methyl sites for hydroxylation is 2. The summed E-state index contributed by atoms with van der Waals surface area (Å²) in [5, 5.41) is 6.56. The highest BCUT2D eigenvalue weighted by Crippen LogP contribution is 2.31. The van der Waals surface area contributed by atoms with E-state index in [1.54, 1.807) is 25.1 Å². The largest absolute Gasteiger partial charge is 0.495 e. The van der Waals surface area contributed by atoms with Gasteiger partial charge in [-0.15, -0.1) is 12.4 Å². The maximum atomic E-state index is 12.7. The van der Waals surface area contributed by atoms with Gasteiger partial charge in [0.1, 0.15) is 17.1 Å². The predicted octanol–water partition coefficient (Wildman–Crippen LogP) is 4.06. The molecular formula is C20H24Cl2N2O4. The van der Waals surface area contributed by atoms with Gasteiger partial charge >= 0.3 is 5.63 Å². The van der Waals surface area contributed by atoms with Crippen molar-refractivity contribution in [2.24, 2.45) is 0 Å². The Bertz CT molecular complexity index is 921. The zero-order valence-corrected chi connectivity index (χ0v) is 17.6. The van der Waals surface area contributed by atoms with Gasteiger partial charge in [0.25, 0.3) is 5.91 Å². The Morgan fingerprint density at radius 1 is 1.29 bits per heavy atom. The first kappa shape index (κ1) is 22.3. The van der Waals surface area contributed by atoms with Crippen molar-refractivity contribution < 1.29 is 13.9 Å². The highest BCUT2D eigenvalue weighted by Gasteiger charge is 2.23. The van der Waals surface area contributed by atoms with Crippen LogP contribution in [0, 0.1) is 13.8 Å². The smallest absolute Gasteiger partial charge is 0.349 e. The molecule has 152 valence electrons. The fourth-order valence-corrected chi connectivity index (χ4v) is 3.47. The Morgan fingerprint density at radius 3 is 2.64 bits per heavy atom. The van der Waals surface area contributed by atoms with Gasteiger partial charge in [0, 0.05) is 23.6 Å². The highest BCUT2D eigenvalue weighted by molar-refractivity contribution is 6.31. The Balaban J connectivity index is 0.00000280. The van der Waals surface area contributed by atoms with E-state index < -0.39 is 11.5 Å². The minimum atomic E-state index is -0.627. The van der Waals surface area contributed by atoms with E-state index in [2.05, 4.69) is 10.6 Å². The molecule has 1 aliphatic rings. The topological polar surface area (TPSA) is 80.6 Å². The number of carbonyl (C=O) groups excluding carboxylic acids is 1. The fraction of sp³-hybridized carbons (Fsp3) is 0.400. The number of benzene rings is 1. The molecule has 0 aliphatic carbocycles. The van der Waals surface area contributed by atoms with Gasteiger partial charge in [-0.2, -0.15) is 0 Å². The van der Waals surface area contributed by atoms with Crippen LogP contribution in [-0.4, -0.2) is 26.1 Å². The molecule has 1 fully saturated rings. The third-order valence-corrected chi connectivity index (χ3v) is 5.23. The average Bonchev–Trinajstić information content (AvgIpc) is 2.64. The van der Waals surface area contributed by atoms with Crippen LogP contribution in [0.5, 0.6) is 5.75 Å². The highest BCUT2D eigenvalue weighted by atomic mass is 35.5. The van der Waals surface area contributed by atoms with Gasteiger partial charge in [0.15, 0.2) is 0 Å². The van der Waals surface area contributed by atoms with E-state index >= 15 is 0 Å². The summed E-state index contributed by atoms with van der Waals surface area (Å²) in [6.07, 6.45) is 1.99. The molecule has 0 radical (unpaired) electrons. The van der Waals surface area contributed by atoms with Crippen LogP contribution < -0.4 is 21.0 Å². The second kappa shape index (κ2) is 9.45.